The molecule has 3 aromatic heterocycles. The second kappa shape index (κ2) is 4.38. The van der Waals surface area contributed by atoms with Gasteiger partial charge in [-0.25, -0.2) is 0 Å². The van der Waals surface area contributed by atoms with Crippen LogP contribution in [0.5, 0.6) is 0 Å². The molecule has 0 N–H and O–H groups in total. The Balaban J connectivity index is 2.02. The zero-order valence-corrected chi connectivity index (χ0v) is 10.1. The molecule has 3 aromatic rings. The Kier molecular flexibility index (Phi) is 2.58. The van der Waals surface area contributed by atoms with Gasteiger partial charge < -0.3 is 9.09 Å². The predicted molar refractivity (Wildman–Crippen MR) is 66.7 cm³/mol. The summed E-state index contributed by atoms with van der Waals surface area (Å²) in [7, 11) is 1.83. The molecular formula is C13H9N5O. The minimum absolute atomic E-state index is 0.385. The van der Waals surface area contributed by atoms with E-state index < -0.39 is 0 Å². The molecule has 3 rings (SSSR count). The van der Waals surface area contributed by atoms with Gasteiger partial charge in [0, 0.05) is 31.2 Å². The smallest absolute Gasteiger partial charge is 0.274 e. The molecule has 0 bridgehead atoms. The van der Waals surface area contributed by atoms with Crippen LogP contribution >= 0.6 is 0 Å². The molecule has 92 valence electrons. The summed E-state index contributed by atoms with van der Waals surface area (Å²) in [6, 6.07) is 7.40. The monoisotopic (exact) mass is 251 g/mol. The number of nitriles is 1. The number of hydrogen-bond donors (Lipinski definition) is 0. The van der Waals surface area contributed by atoms with Crippen molar-refractivity contribution >= 4 is 0 Å². The minimum atomic E-state index is 0.385. The molecular weight excluding hydrogens is 242 g/mol. The van der Waals surface area contributed by atoms with Gasteiger partial charge in [-0.05, 0) is 18.2 Å². The van der Waals surface area contributed by atoms with Crippen LogP contribution in [0.2, 0.25) is 0 Å². The number of aryl methyl sites for hydroxylation is 1. The van der Waals surface area contributed by atoms with E-state index in [2.05, 4.69) is 21.2 Å². The topological polar surface area (TPSA) is 80.5 Å². The van der Waals surface area contributed by atoms with Crippen LogP contribution < -0.4 is 0 Å². The van der Waals surface area contributed by atoms with Gasteiger partial charge in [0.15, 0.2) is 0 Å². The highest BCUT2D eigenvalue weighted by Gasteiger charge is 2.14. The summed E-state index contributed by atoms with van der Waals surface area (Å²) in [5.74, 6) is 0.882. The van der Waals surface area contributed by atoms with Crippen molar-refractivity contribution in [3.8, 4) is 29.0 Å². The average molecular weight is 251 g/mol. The molecule has 19 heavy (non-hydrogen) atoms. The molecule has 6 nitrogen and oxygen atoms in total. The second-order valence-corrected chi connectivity index (χ2v) is 4.00. The van der Waals surface area contributed by atoms with Crippen LogP contribution in [0.4, 0.5) is 0 Å². The lowest BCUT2D eigenvalue weighted by atomic mass is 10.2. The van der Waals surface area contributed by atoms with Gasteiger partial charge in [0.2, 0.25) is 5.82 Å². The van der Waals surface area contributed by atoms with Crippen molar-refractivity contribution in [3.63, 3.8) is 0 Å². The maximum absolute atomic E-state index is 8.87. The van der Waals surface area contributed by atoms with Gasteiger partial charge in [0.25, 0.3) is 5.89 Å². The quantitative estimate of drug-likeness (QED) is 0.695. The Morgan fingerprint density at radius 3 is 2.79 bits per heavy atom. The fraction of sp³-hybridized carbons (Fsp3) is 0.0769. The molecule has 0 atom stereocenters. The van der Waals surface area contributed by atoms with Crippen molar-refractivity contribution in [1.82, 2.24) is 19.7 Å². The third-order valence-electron chi connectivity index (χ3n) is 2.72. The van der Waals surface area contributed by atoms with E-state index >= 15 is 0 Å². The van der Waals surface area contributed by atoms with E-state index in [1.54, 1.807) is 41.4 Å². The van der Waals surface area contributed by atoms with Gasteiger partial charge in [0.1, 0.15) is 11.8 Å². The molecule has 0 aromatic carbocycles. The highest BCUT2D eigenvalue weighted by Crippen LogP contribution is 2.22. The largest absolute Gasteiger partial charge is 0.345 e. The molecule has 0 saturated heterocycles. The van der Waals surface area contributed by atoms with E-state index in [1.165, 1.54) is 0 Å². The second-order valence-electron chi connectivity index (χ2n) is 4.00. The molecule has 6 heteroatoms. The van der Waals surface area contributed by atoms with E-state index in [0.29, 0.717) is 23.0 Å². The summed E-state index contributed by atoms with van der Waals surface area (Å²) >= 11 is 0. The first-order valence-corrected chi connectivity index (χ1v) is 5.59. The van der Waals surface area contributed by atoms with Gasteiger partial charge in [0.05, 0.1) is 5.56 Å². The molecule has 0 aliphatic heterocycles. The fourth-order valence-corrected chi connectivity index (χ4v) is 1.78. The first-order chi connectivity index (χ1) is 9.28. The Morgan fingerprint density at radius 1 is 1.32 bits per heavy atom. The maximum atomic E-state index is 8.87. The van der Waals surface area contributed by atoms with Crippen LogP contribution in [-0.2, 0) is 7.05 Å². The first-order valence-electron chi connectivity index (χ1n) is 5.59. The molecule has 0 unspecified atom stereocenters. The highest BCUT2D eigenvalue weighted by atomic mass is 16.5. The maximum Gasteiger partial charge on any atom is 0.274 e. The molecule has 0 amide bonds. The molecule has 0 aliphatic carbocycles. The van der Waals surface area contributed by atoms with Crippen LogP contribution in [0.3, 0.4) is 0 Å². The molecule has 0 spiro atoms. The number of hydrogen-bond acceptors (Lipinski definition) is 5. The number of aromatic nitrogens is 4. The van der Waals surface area contributed by atoms with Crippen molar-refractivity contribution < 1.29 is 4.52 Å². The van der Waals surface area contributed by atoms with Gasteiger partial charge in [-0.1, -0.05) is 5.16 Å². The lowest BCUT2D eigenvalue weighted by Gasteiger charge is -1.94. The standard InChI is InChI=1S/C13H9N5O/c1-18-8-9(7-14)6-11(18)13-16-12(17-19-13)10-2-4-15-5-3-10/h2-6,8H,1H3. The molecule has 0 saturated carbocycles. The predicted octanol–water partition coefficient (Wildman–Crippen LogP) is 2.01. The number of nitrogens with zero attached hydrogens (tertiary/aromatic N) is 5. The van der Waals surface area contributed by atoms with E-state index in [0.717, 1.165) is 5.56 Å². The van der Waals surface area contributed by atoms with Crippen molar-refractivity contribution in [1.29, 1.82) is 5.26 Å². The van der Waals surface area contributed by atoms with Crippen molar-refractivity contribution in [2.75, 3.05) is 0 Å². The van der Waals surface area contributed by atoms with E-state index in [1.807, 2.05) is 7.05 Å². The molecule has 0 radical (unpaired) electrons. The van der Waals surface area contributed by atoms with Gasteiger partial charge in [-0.3, -0.25) is 4.98 Å². The van der Waals surface area contributed by atoms with Crippen LogP contribution in [0.25, 0.3) is 23.0 Å². The van der Waals surface area contributed by atoms with E-state index in [-0.39, 0.29) is 0 Å². The van der Waals surface area contributed by atoms with Crippen LogP contribution in [0.1, 0.15) is 5.56 Å². The third kappa shape index (κ3) is 1.98. The zero-order chi connectivity index (χ0) is 13.2. The molecule has 0 aliphatic rings. The molecule has 3 heterocycles. The lowest BCUT2D eigenvalue weighted by Crippen LogP contribution is -1.89. The van der Waals surface area contributed by atoms with Crippen molar-refractivity contribution in [2.45, 2.75) is 0 Å². The van der Waals surface area contributed by atoms with Crippen LogP contribution in [-0.4, -0.2) is 19.7 Å². The third-order valence-corrected chi connectivity index (χ3v) is 2.72. The van der Waals surface area contributed by atoms with Crippen LogP contribution in [0, 0.1) is 11.3 Å². The Hall–Kier alpha value is -2.94. The minimum Gasteiger partial charge on any atom is -0.345 e. The Morgan fingerprint density at radius 2 is 2.11 bits per heavy atom. The Bertz CT molecular complexity index is 751. The number of rotatable bonds is 2. The molecule has 0 fully saturated rings. The van der Waals surface area contributed by atoms with Crippen molar-refractivity contribution in [3.05, 3.63) is 42.4 Å². The SMILES string of the molecule is Cn1cc(C#N)cc1-c1nc(-c2ccncc2)no1. The van der Waals surface area contributed by atoms with E-state index in [4.69, 9.17) is 9.78 Å². The van der Waals surface area contributed by atoms with Gasteiger partial charge in [-0.15, -0.1) is 0 Å². The van der Waals surface area contributed by atoms with Gasteiger partial charge >= 0.3 is 0 Å². The average Bonchev–Trinajstić information content (AvgIpc) is 3.06. The summed E-state index contributed by atoms with van der Waals surface area (Å²) in [5.41, 5.74) is 2.10. The first kappa shape index (κ1) is 11.2. The summed E-state index contributed by atoms with van der Waals surface area (Å²) in [5, 5.41) is 12.8. The fourth-order valence-electron chi connectivity index (χ4n) is 1.78. The normalized spacial score (nSPS) is 10.3. The number of pyridine rings is 1. The van der Waals surface area contributed by atoms with E-state index in [9.17, 15) is 0 Å². The summed E-state index contributed by atoms with van der Waals surface area (Å²) in [6.45, 7) is 0. The highest BCUT2D eigenvalue weighted by molar-refractivity contribution is 5.58. The lowest BCUT2D eigenvalue weighted by molar-refractivity contribution is 0.429. The zero-order valence-electron chi connectivity index (χ0n) is 10.1. The van der Waals surface area contributed by atoms with Crippen molar-refractivity contribution in [2.24, 2.45) is 7.05 Å². The summed E-state index contributed by atoms with van der Waals surface area (Å²) in [6.07, 6.45) is 5.05. The summed E-state index contributed by atoms with van der Waals surface area (Å²) in [4.78, 5) is 8.26. The van der Waals surface area contributed by atoms with Gasteiger partial charge in [-0.2, -0.15) is 10.2 Å². The summed E-state index contributed by atoms with van der Waals surface area (Å²) < 4.78 is 7.01. The Labute approximate surface area is 108 Å². The van der Waals surface area contributed by atoms with Crippen LogP contribution in [0.15, 0.2) is 41.3 Å².